The van der Waals surface area contributed by atoms with Gasteiger partial charge in [-0.1, -0.05) is 90.4 Å². The van der Waals surface area contributed by atoms with E-state index in [0.29, 0.717) is 17.5 Å². The molecule has 0 heterocycles. The molecular formula is C79H122N20O27. The van der Waals surface area contributed by atoms with Gasteiger partial charge in [-0.15, -0.1) is 0 Å². The summed E-state index contributed by atoms with van der Waals surface area (Å²) in [5.41, 5.74) is 29.3. The summed E-state index contributed by atoms with van der Waals surface area (Å²) in [5.74, 6) is -26.3. The lowest BCUT2D eigenvalue weighted by molar-refractivity contribution is -0.144. The number of carboxylic acid groups (broad SMARTS) is 3. The summed E-state index contributed by atoms with van der Waals surface area (Å²) >= 11 is 0. The van der Waals surface area contributed by atoms with Crippen molar-refractivity contribution in [3.05, 3.63) is 65.7 Å². The van der Waals surface area contributed by atoms with Crippen LogP contribution in [0.5, 0.6) is 5.75 Å². The van der Waals surface area contributed by atoms with E-state index in [2.05, 4.69) is 79.8 Å². The molecular weight excluding hydrogens is 1660 g/mol. The van der Waals surface area contributed by atoms with Gasteiger partial charge in [-0.3, -0.25) is 95.9 Å². The molecule has 0 aliphatic carbocycles. The van der Waals surface area contributed by atoms with E-state index in [1.165, 1.54) is 38.1 Å². The maximum absolute atomic E-state index is 14.4. The van der Waals surface area contributed by atoms with Gasteiger partial charge in [-0.25, -0.2) is 4.79 Å². The molecule has 0 radical (unpaired) electrons. The van der Waals surface area contributed by atoms with Gasteiger partial charge in [0, 0.05) is 32.1 Å². The van der Waals surface area contributed by atoms with Crippen LogP contribution in [0.15, 0.2) is 54.6 Å². The van der Waals surface area contributed by atoms with E-state index in [0.717, 1.165) is 13.8 Å². The highest BCUT2D eigenvalue weighted by atomic mass is 16.4. The number of hydrogen-bond donors (Lipinski definition) is 26. The minimum absolute atomic E-state index is 0.0110. The zero-order valence-electron chi connectivity index (χ0n) is 71.4. The highest BCUT2D eigenvalue weighted by molar-refractivity contribution is 6.01. The number of nitrogens with one attached hydrogen (secondary N) is 15. The fourth-order valence-corrected chi connectivity index (χ4v) is 12.0. The summed E-state index contributed by atoms with van der Waals surface area (Å²) < 4.78 is 0. The van der Waals surface area contributed by atoms with Crippen molar-refractivity contribution in [1.29, 1.82) is 0 Å². The number of hydrogen-bond acceptors (Lipinski definition) is 26. The molecule has 700 valence electrons. The van der Waals surface area contributed by atoms with E-state index < -0.39 is 304 Å². The maximum atomic E-state index is 14.4. The molecule has 18 amide bonds. The molecule has 2 aromatic carbocycles. The summed E-state index contributed by atoms with van der Waals surface area (Å²) in [6, 6.07) is -9.61. The lowest BCUT2D eigenvalue weighted by Crippen LogP contribution is -2.61. The van der Waals surface area contributed by atoms with Crippen LogP contribution in [0.25, 0.3) is 0 Å². The van der Waals surface area contributed by atoms with Crippen LogP contribution in [0.3, 0.4) is 0 Å². The van der Waals surface area contributed by atoms with Gasteiger partial charge in [0.05, 0.1) is 38.3 Å². The summed E-state index contributed by atoms with van der Waals surface area (Å²) in [4.78, 5) is 280. The number of aliphatic hydroxyl groups is 2. The SMILES string of the molecule is CC[C@H](C)[C@H](NC(=O)[C@H](CC(C)C)NC(=O)CNC(=O)[C@@H](NC(=O)[C@H](CO)NC(=O)[C@@H](NC(=O)CNC(=O)[C@H](C)NC(=O)[C@H](CCCCN)NC(=O)[C@H](CCC(=O)O)NC(=O)[C@H](CCC(=O)O)NC(=O)[C@H](CCC(N)=O)NC(=O)[C@H](CCC(N)=O)NC(=O)[C@H](CC(N)=O)NC(=O)[C@H](Cc1ccc(O)cc1)NC(=O)[C@@H](N)Cc1ccccc1)C(C)C)[C@@H](C)O)C(=O)O. The standard InChI is InChI=1S/C79H122N20O27/c1-9-40(6)64(79(125)126)98-75(121)52(31-38(2)3)88-59(106)35-86-77(123)65(42(8)101)99-76(122)55(37-100)96-78(124)63(39(4)5)97-60(107)36-85-66(112)41(7)87-68(114)47(17-13-14-30-80)89-71(117)50(24-28-61(108)109)92-72(118)51(25-29-62(110)111)91-69(115)48(22-26-56(82)103)90-70(116)49(23-27-57(83)104)93-74(120)54(34-58(84)105)95-73(119)53(33-44-18-20-45(102)21-19-44)94-67(113)46(81)32-43-15-11-10-12-16-43/h10-12,15-16,18-21,38-42,46-55,63-65,100-102H,9,13-14,17,22-37,80-81H2,1-8H3,(H2,82,103)(H2,83,104)(H2,84,105)(H,85,112)(H,86,123)(H,87,114)(H,88,106)(H,89,117)(H,90,116)(H,91,115)(H,92,118)(H,93,120)(H,94,113)(H,95,119)(H,96,124)(H,97,107)(H,98,121)(H,99,122)(H,108,109)(H,110,111)(H,125,126)/t40-,41-,42+,46-,47-,48-,49-,50-,51-,52-,53-,54-,55-,63-,64-,65-/m0/s1. The molecule has 16 atom stereocenters. The van der Waals surface area contributed by atoms with Gasteiger partial charge < -0.3 is 139 Å². The first-order valence-electron chi connectivity index (χ1n) is 40.7. The number of benzene rings is 2. The van der Waals surface area contributed by atoms with Crippen LogP contribution >= 0.6 is 0 Å². The summed E-state index contributed by atoms with van der Waals surface area (Å²) in [6.07, 6.45) is -8.53. The molecule has 2 aromatic rings. The van der Waals surface area contributed by atoms with Crippen LogP contribution < -0.4 is 108 Å². The zero-order chi connectivity index (χ0) is 95.4. The first kappa shape index (κ1) is 109. The second-order valence-electron chi connectivity index (χ2n) is 30.8. The Morgan fingerprint density at radius 2 is 0.794 bits per heavy atom. The van der Waals surface area contributed by atoms with E-state index in [1.54, 1.807) is 58.0 Å². The molecule has 0 bridgehead atoms. The number of rotatable bonds is 60. The Morgan fingerprint density at radius 1 is 0.389 bits per heavy atom. The summed E-state index contributed by atoms with van der Waals surface area (Å²) in [6.45, 7) is 9.21. The molecule has 0 spiro atoms. The van der Waals surface area contributed by atoms with Crippen molar-refractivity contribution in [2.24, 2.45) is 46.4 Å². The lowest BCUT2D eigenvalue weighted by Gasteiger charge is -2.28. The Bertz CT molecular complexity index is 4100. The predicted octanol–water partition coefficient (Wildman–Crippen LogP) is -8.47. The molecule has 126 heavy (non-hydrogen) atoms. The molecule has 47 nitrogen and oxygen atoms in total. The van der Waals surface area contributed by atoms with Crippen LogP contribution in [-0.4, -0.2) is 272 Å². The van der Waals surface area contributed by atoms with Crippen LogP contribution in [0.4, 0.5) is 0 Å². The first-order valence-corrected chi connectivity index (χ1v) is 40.7. The number of unbranched alkanes of at least 4 members (excludes halogenated alkanes) is 1. The number of aliphatic carboxylic acids is 3. The number of primary amides is 3. The highest BCUT2D eigenvalue weighted by Crippen LogP contribution is 2.17. The quantitative estimate of drug-likeness (QED) is 0.0274. The fraction of sp³-hybridized carbons (Fsp3) is 0.582. The van der Waals surface area contributed by atoms with Gasteiger partial charge in [0.15, 0.2) is 0 Å². The number of carbonyl (C=O) groups is 21. The topological polar surface area (TPSA) is 790 Å². The van der Waals surface area contributed by atoms with Gasteiger partial charge in [-0.05, 0) is 119 Å². The van der Waals surface area contributed by atoms with E-state index in [4.69, 9.17) is 28.7 Å². The van der Waals surface area contributed by atoms with Crippen molar-refractivity contribution in [1.82, 2.24) is 79.8 Å². The van der Waals surface area contributed by atoms with Crippen LogP contribution in [0, 0.1) is 17.8 Å². The third-order valence-corrected chi connectivity index (χ3v) is 19.3. The van der Waals surface area contributed by atoms with Crippen LogP contribution in [0.2, 0.25) is 0 Å². The van der Waals surface area contributed by atoms with Crippen LogP contribution in [-0.2, 0) is 114 Å². The van der Waals surface area contributed by atoms with Gasteiger partial charge in [0.1, 0.15) is 84.3 Å². The second-order valence-corrected chi connectivity index (χ2v) is 30.8. The molecule has 0 aliphatic heterocycles. The normalized spacial score (nSPS) is 14.9. The smallest absolute Gasteiger partial charge is 0.326 e. The number of phenolic OH excluding ortho intramolecular Hbond substituents is 1. The van der Waals surface area contributed by atoms with Crippen molar-refractivity contribution in [3.63, 3.8) is 0 Å². The maximum Gasteiger partial charge on any atom is 0.326 e. The zero-order valence-corrected chi connectivity index (χ0v) is 71.4. The molecule has 0 aliphatic rings. The third-order valence-electron chi connectivity index (χ3n) is 19.3. The minimum Gasteiger partial charge on any atom is -0.508 e. The van der Waals surface area contributed by atoms with Crippen LogP contribution in [0.1, 0.15) is 156 Å². The number of nitrogens with two attached hydrogens (primary N) is 5. The van der Waals surface area contributed by atoms with Crippen molar-refractivity contribution in [2.75, 3.05) is 26.2 Å². The Morgan fingerprint density at radius 3 is 1.23 bits per heavy atom. The Balaban J connectivity index is 2.36. The minimum atomic E-state index is -2.03. The summed E-state index contributed by atoms with van der Waals surface area (Å²) in [7, 11) is 0. The molecule has 0 unspecified atom stereocenters. The van der Waals surface area contributed by atoms with E-state index in [1.807, 2.05) is 0 Å². The fourth-order valence-electron chi connectivity index (χ4n) is 12.0. The molecule has 0 fully saturated rings. The molecule has 0 aromatic heterocycles. The number of aliphatic hydroxyl groups excluding tert-OH is 2. The molecule has 0 saturated heterocycles. The number of aromatic hydroxyl groups is 1. The Kier molecular flexibility index (Phi) is 48.4. The van der Waals surface area contributed by atoms with Crippen molar-refractivity contribution in [3.8, 4) is 5.75 Å². The monoisotopic (exact) mass is 1780 g/mol. The Labute approximate surface area is 725 Å². The predicted molar refractivity (Wildman–Crippen MR) is 444 cm³/mol. The summed E-state index contributed by atoms with van der Waals surface area (Å²) in [5, 5.41) is 94.5. The number of carbonyl (C=O) groups excluding carboxylic acids is 18. The van der Waals surface area contributed by atoms with Crippen molar-refractivity contribution < 1.29 is 131 Å². The van der Waals surface area contributed by atoms with E-state index in [-0.39, 0.29) is 56.7 Å². The highest BCUT2D eigenvalue weighted by Gasteiger charge is 2.39. The Hall–Kier alpha value is -13.1. The largest absolute Gasteiger partial charge is 0.508 e. The van der Waals surface area contributed by atoms with E-state index >= 15 is 0 Å². The molecule has 2 rings (SSSR count). The lowest BCUT2D eigenvalue weighted by atomic mass is 9.97. The molecule has 47 heteroatoms. The number of phenols is 1. The van der Waals surface area contributed by atoms with Crippen molar-refractivity contribution in [2.45, 2.75) is 249 Å². The number of amides is 18. The molecule has 31 N–H and O–H groups in total. The van der Waals surface area contributed by atoms with Gasteiger partial charge in [0.2, 0.25) is 106 Å². The van der Waals surface area contributed by atoms with E-state index in [9.17, 15) is 131 Å². The average Bonchev–Trinajstić information content (AvgIpc) is 0.854. The molecule has 0 saturated carbocycles. The number of carboxylic acids is 3. The van der Waals surface area contributed by atoms with Gasteiger partial charge in [0.25, 0.3) is 0 Å². The van der Waals surface area contributed by atoms with Gasteiger partial charge in [-0.2, -0.15) is 0 Å². The first-order chi connectivity index (χ1) is 59.1. The average molecular weight is 1780 g/mol. The third kappa shape index (κ3) is 41.4. The van der Waals surface area contributed by atoms with Crippen molar-refractivity contribution >= 4 is 124 Å². The van der Waals surface area contributed by atoms with Gasteiger partial charge >= 0.3 is 17.9 Å². The second kappa shape index (κ2) is 55.9.